The standard InChI is InChI=1S/C18H19ClF4N4O4S/c1-5(2)31-18(30)8-6(3)12(15(24)28)32-17(8)25-16(29)7(4)27-11(14(22)23)9(19)10(26-27)13(20)21/h5,7,13-14H,1-4H3,(H2,24,28)(H,25,29). The van der Waals surface area contributed by atoms with Gasteiger partial charge in [0, 0.05) is 0 Å². The summed E-state index contributed by atoms with van der Waals surface area (Å²) in [4.78, 5) is 36.9. The summed E-state index contributed by atoms with van der Waals surface area (Å²) in [6.07, 6.45) is -7.05. The second-order valence-electron chi connectivity index (χ2n) is 6.87. The maximum Gasteiger partial charge on any atom is 0.341 e. The van der Waals surface area contributed by atoms with Crippen LogP contribution >= 0.6 is 22.9 Å². The second-order valence-corrected chi connectivity index (χ2v) is 8.27. The summed E-state index contributed by atoms with van der Waals surface area (Å²) in [5.41, 5.74) is 3.18. The van der Waals surface area contributed by atoms with Gasteiger partial charge in [-0.2, -0.15) is 5.10 Å². The molecule has 176 valence electrons. The van der Waals surface area contributed by atoms with Crippen LogP contribution in [0.15, 0.2) is 0 Å². The Morgan fingerprint density at radius 2 is 1.75 bits per heavy atom. The molecule has 2 heterocycles. The number of primary amides is 1. The van der Waals surface area contributed by atoms with Crippen molar-refractivity contribution < 1.29 is 36.7 Å². The maximum atomic E-state index is 13.4. The van der Waals surface area contributed by atoms with Gasteiger partial charge in [0.05, 0.1) is 21.6 Å². The van der Waals surface area contributed by atoms with Crippen LogP contribution < -0.4 is 11.1 Å². The fraction of sp³-hybridized carbons (Fsp3) is 0.444. The molecule has 0 saturated carbocycles. The molecule has 2 rings (SSSR count). The molecule has 0 bridgehead atoms. The minimum absolute atomic E-state index is 0.0287. The van der Waals surface area contributed by atoms with Crippen LogP contribution in [-0.4, -0.2) is 33.7 Å². The Hall–Kier alpha value is -2.67. The molecule has 0 spiro atoms. The first-order valence-electron chi connectivity index (χ1n) is 9.06. The van der Waals surface area contributed by atoms with Crippen LogP contribution in [0.25, 0.3) is 0 Å². The molecular weight excluding hydrogens is 480 g/mol. The van der Waals surface area contributed by atoms with E-state index in [1.807, 2.05) is 0 Å². The van der Waals surface area contributed by atoms with E-state index >= 15 is 0 Å². The third-order valence-corrected chi connectivity index (χ3v) is 5.83. The SMILES string of the molecule is Cc1c(C(N)=O)sc(NC(=O)C(C)n2nc(C(F)F)c(Cl)c2C(F)F)c1C(=O)OC(C)C. The Balaban J connectivity index is 2.47. The van der Waals surface area contributed by atoms with Crippen LogP contribution in [-0.2, 0) is 9.53 Å². The molecule has 2 aromatic rings. The molecule has 0 fully saturated rings. The number of nitrogens with zero attached hydrogens (tertiary/aromatic N) is 2. The normalized spacial score (nSPS) is 12.5. The predicted octanol–water partition coefficient (Wildman–Crippen LogP) is 4.65. The highest BCUT2D eigenvalue weighted by atomic mass is 35.5. The number of anilines is 1. The van der Waals surface area contributed by atoms with Gasteiger partial charge in [0.2, 0.25) is 5.91 Å². The summed E-state index contributed by atoms with van der Waals surface area (Å²) in [6, 6.07) is -1.53. The lowest BCUT2D eigenvalue weighted by Crippen LogP contribution is -2.26. The number of aromatic nitrogens is 2. The highest BCUT2D eigenvalue weighted by Gasteiger charge is 2.33. The summed E-state index contributed by atoms with van der Waals surface area (Å²) >= 11 is 6.30. The Bertz CT molecular complexity index is 1050. The van der Waals surface area contributed by atoms with E-state index in [0.29, 0.717) is 16.0 Å². The smallest absolute Gasteiger partial charge is 0.341 e. The number of ether oxygens (including phenoxy) is 1. The predicted molar refractivity (Wildman–Crippen MR) is 109 cm³/mol. The molecule has 32 heavy (non-hydrogen) atoms. The van der Waals surface area contributed by atoms with Gasteiger partial charge in [-0.1, -0.05) is 11.6 Å². The van der Waals surface area contributed by atoms with Crippen molar-refractivity contribution in [1.29, 1.82) is 0 Å². The largest absolute Gasteiger partial charge is 0.459 e. The van der Waals surface area contributed by atoms with E-state index < -0.39 is 59.2 Å². The van der Waals surface area contributed by atoms with Crippen molar-refractivity contribution in [3.8, 4) is 0 Å². The molecule has 1 unspecified atom stereocenters. The molecule has 0 aliphatic heterocycles. The molecule has 0 radical (unpaired) electrons. The molecule has 2 aromatic heterocycles. The molecule has 8 nitrogen and oxygen atoms in total. The fourth-order valence-corrected chi connectivity index (χ4v) is 4.10. The number of carbonyl (C=O) groups excluding carboxylic acids is 3. The third kappa shape index (κ3) is 5.04. The number of esters is 1. The lowest BCUT2D eigenvalue weighted by Gasteiger charge is -2.16. The molecular formula is C18H19ClF4N4O4S. The van der Waals surface area contributed by atoms with Crippen molar-refractivity contribution >= 4 is 45.7 Å². The van der Waals surface area contributed by atoms with Crippen molar-refractivity contribution in [2.45, 2.75) is 52.7 Å². The van der Waals surface area contributed by atoms with E-state index in [1.165, 1.54) is 6.92 Å². The zero-order valence-corrected chi connectivity index (χ0v) is 18.8. The van der Waals surface area contributed by atoms with Crippen molar-refractivity contribution in [2.24, 2.45) is 5.73 Å². The van der Waals surface area contributed by atoms with E-state index in [2.05, 4.69) is 10.4 Å². The molecule has 0 aromatic carbocycles. The number of carbonyl (C=O) groups is 3. The van der Waals surface area contributed by atoms with Crippen LogP contribution in [0.2, 0.25) is 5.02 Å². The molecule has 3 N–H and O–H groups in total. The highest BCUT2D eigenvalue weighted by molar-refractivity contribution is 7.18. The van der Waals surface area contributed by atoms with Gasteiger partial charge in [0.1, 0.15) is 22.4 Å². The second kappa shape index (κ2) is 9.86. The minimum Gasteiger partial charge on any atom is -0.459 e. The number of hydrogen-bond acceptors (Lipinski definition) is 6. The van der Waals surface area contributed by atoms with Gasteiger partial charge in [-0.25, -0.2) is 27.0 Å². The third-order valence-electron chi connectivity index (χ3n) is 4.23. The van der Waals surface area contributed by atoms with Crippen LogP contribution in [0.1, 0.15) is 76.6 Å². The van der Waals surface area contributed by atoms with Crippen molar-refractivity contribution in [3.63, 3.8) is 0 Å². The number of nitrogens with two attached hydrogens (primary N) is 1. The Morgan fingerprint density at radius 3 is 2.22 bits per heavy atom. The van der Waals surface area contributed by atoms with E-state index in [4.69, 9.17) is 22.1 Å². The van der Waals surface area contributed by atoms with Gasteiger partial charge in [-0.05, 0) is 33.3 Å². The van der Waals surface area contributed by atoms with Crippen molar-refractivity contribution in [1.82, 2.24) is 9.78 Å². The van der Waals surface area contributed by atoms with Gasteiger partial charge in [-0.15, -0.1) is 11.3 Å². The number of amides is 2. The molecule has 2 amide bonds. The molecule has 14 heteroatoms. The van der Waals surface area contributed by atoms with Crippen molar-refractivity contribution in [3.05, 3.63) is 32.4 Å². The Labute approximate surface area is 188 Å². The van der Waals surface area contributed by atoms with Crippen LogP contribution in [0.4, 0.5) is 22.6 Å². The monoisotopic (exact) mass is 498 g/mol. The van der Waals surface area contributed by atoms with Gasteiger partial charge >= 0.3 is 5.97 Å². The van der Waals surface area contributed by atoms with E-state index in [9.17, 15) is 31.9 Å². The number of halogens is 5. The number of nitrogens with one attached hydrogen (secondary N) is 1. The summed E-state index contributed by atoms with van der Waals surface area (Å²) in [5, 5.41) is 4.64. The summed E-state index contributed by atoms with van der Waals surface area (Å²) in [7, 11) is 0. The summed E-state index contributed by atoms with van der Waals surface area (Å²) < 4.78 is 58.5. The van der Waals surface area contributed by atoms with Gasteiger partial charge in [0.25, 0.3) is 18.8 Å². The van der Waals surface area contributed by atoms with Crippen LogP contribution in [0, 0.1) is 6.92 Å². The zero-order valence-electron chi connectivity index (χ0n) is 17.2. The Kier molecular flexibility index (Phi) is 7.88. The Morgan fingerprint density at radius 1 is 1.16 bits per heavy atom. The number of thiophene rings is 1. The van der Waals surface area contributed by atoms with Crippen LogP contribution in [0.3, 0.4) is 0 Å². The first-order chi connectivity index (χ1) is 14.8. The minimum atomic E-state index is -3.29. The average Bonchev–Trinajstić information content (AvgIpc) is 3.17. The fourth-order valence-electron chi connectivity index (χ4n) is 2.76. The number of rotatable bonds is 8. The lowest BCUT2D eigenvalue weighted by molar-refractivity contribution is -0.119. The van der Waals surface area contributed by atoms with Crippen LogP contribution in [0.5, 0.6) is 0 Å². The van der Waals surface area contributed by atoms with Gasteiger partial charge in [0.15, 0.2) is 0 Å². The lowest BCUT2D eigenvalue weighted by atomic mass is 10.1. The molecule has 0 aliphatic carbocycles. The van der Waals surface area contributed by atoms with E-state index in [0.717, 1.165) is 6.92 Å². The molecule has 0 saturated heterocycles. The van der Waals surface area contributed by atoms with Crippen molar-refractivity contribution in [2.75, 3.05) is 5.32 Å². The molecule has 1 atom stereocenters. The summed E-state index contributed by atoms with van der Waals surface area (Å²) in [6.45, 7) is 5.72. The number of hydrogen-bond donors (Lipinski definition) is 2. The first-order valence-corrected chi connectivity index (χ1v) is 10.3. The topological polar surface area (TPSA) is 116 Å². The summed E-state index contributed by atoms with van der Waals surface area (Å²) in [5.74, 6) is -2.69. The highest BCUT2D eigenvalue weighted by Crippen LogP contribution is 2.37. The number of alkyl halides is 4. The van der Waals surface area contributed by atoms with Gasteiger partial charge < -0.3 is 15.8 Å². The molecule has 0 aliphatic rings. The maximum absolute atomic E-state index is 13.4. The van der Waals surface area contributed by atoms with Gasteiger partial charge in [-0.3, -0.25) is 9.59 Å². The van der Waals surface area contributed by atoms with E-state index in [1.54, 1.807) is 13.8 Å². The zero-order chi connectivity index (χ0) is 24.5. The first kappa shape index (κ1) is 25.6. The van der Waals surface area contributed by atoms with E-state index in [-0.39, 0.29) is 21.0 Å². The average molecular weight is 499 g/mol. The quantitative estimate of drug-likeness (QED) is 0.406.